The molecule has 0 spiro atoms. The van der Waals surface area contributed by atoms with E-state index in [4.69, 9.17) is 0 Å². The van der Waals surface area contributed by atoms with Crippen LogP contribution in [-0.4, -0.2) is 25.0 Å². The summed E-state index contributed by atoms with van der Waals surface area (Å²) in [4.78, 5) is 11.0. The summed E-state index contributed by atoms with van der Waals surface area (Å²) in [6.45, 7) is 6.11. The van der Waals surface area contributed by atoms with Gasteiger partial charge in [0, 0.05) is 12.5 Å². The van der Waals surface area contributed by atoms with Gasteiger partial charge in [-0.2, -0.15) is 0 Å². The van der Waals surface area contributed by atoms with Crippen molar-refractivity contribution in [2.24, 2.45) is 5.92 Å². The van der Waals surface area contributed by atoms with Gasteiger partial charge in [0.15, 0.2) is 0 Å². The number of nitrogens with one attached hydrogen (secondary N) is 2. The molecule has 3 nitrogen and oxygen atoms in total. The quantitative estimate of drug-likeness (QED) is 0.648. The zero-order valence-corrected chi connectivity index (χ0v) is 7.89. The highest BCUT2D eigenvalue weighted by molar-refractivity contribution is 5.75. The van der Waals surface area contributed by atoms with Crippen LogP contribution in [0, 0.1) is 5.92 Å². The second kappa shape index (κ2) is 4.45. The van der Waals surface area contributed by atoms with Crippen LogP contribution in [0.4, 0.5) is 0 Å². The van der Waals surface area contributed by atoms with Crippen LogP contribution in [0.25, 0.3) is 0 Å². The van der Waals surface area contributed by atoms with Crippen LogP contribution in [0.15, 0.2) is 0 Å². The Kier molecular flexibility index (Phi) is 3.53. The first-order valence-corrected chi connectivity index (χ1v) is 4.74. The standard InChI is InChI=1S/C9H18N2O/c1-3-9(12)11-7(2)8-4-5-10-6-8/h7-8,10H,3-6H2,1-2H3,(H,11,12). The Morgan fingerprint density at radius 2 is 2.50 bits per heavy atom. The maximum absolute atomic E-state index is 11.0. The largest absolute Gasteiger partial charge is 0.353 e. The number of amides is 1. The van der Waals surface area contributed by atoms with Gasteiger partial charge in [-0.25, -0.2) is 0 Å². The van der Waals surface area contributed by atoms with Gasteiger partial charge in [0.2, 0.25) is 5.91 Å². The van der Waals surface area contributed by atoms with E-state index in [0.29, 0.717) is 18.4 Å². The molecule has 0 radical (unpaired) electrons. The predicted molar refractivity (Wildman–Crippen MR) is 48.9 cm³/mol. The topological polar surface area (TPSA) is 41.1 Å². The van der Waals surface area contributed by atoms with Gasteiger partial charge < -0.3 is 10.6 Å². The molecule has 2 unspecified atom stereocenters. The van der Waals surface area contributed by atoms with E-state index in [9.17, 15) is 4.79 Å². The Bertz CT molecular complexity index is 153. The minimum Gasteiger partial charge on any atom is -0.353 e. The van der Waals surface area contributed by atoms with Crippen LogP contribution < -0.4 is 10.6 Å². The van der Waals surface area contributed by atoms with Gasteiger partial charge in [0.05, 0.1) is 0 Å². The van der Waals surface area contributed by atoms with E-state index in [0.717, 1.165) is 13.1 Å². The lowest BCUT2D eigenvalue weighted by Gasteiger charge is -2.19. The second-order valence-corrected chi connectivity index (χ2v) is 3.46. The van der Waals surface area contributed by atoms with Gasteiger partial charge in [-0.05, 0) is 32.4 Å². The molecule has 3 heteroatoms. The molecule has 1 rings (SSSR count). The lowest BCUT2D eigenvalue weighted by atomic mass is 10.0. The zero-order chi connectivity index (χ0) is 8.97. The second-order valence-electron chi connectivity index (χ2n) is 3.46. The molecule has 1 aliphatic rings. The summed E-state index contributed by atoms with van der Waals surface area (Å²) in [5, 5.41) is 6.29. The monoisotopic (exact) mass is 170 g/mol. The van der Waals surface area contributed by atoms with Crippen molar-refractivity contribution in [1.29, 1.82) is 0 Å². The van der Waals surface area contributed by atoms with E-state index in [1.807, 2.05) is 6.92 Å². The Labute approximate surface area is 73.9 Å². The Hall–Kier alpha value is -0.570. The third-order valence-corrected chi connectivity index (χ3v) is 2.52. The zero-order valence-electron chi connectivity index (χ0n) is 7.89. The predicted octanol–water partition coefficient (Wildman–Crippen LogP) is 0.511. The number of hydrogen-bond acceptors (Lipinski definition) is 2. The van der Waals surface area contributed by atoms with Crippen LogP contribution in [0.2, 0.25) is 0 Å². The Balaban J connectivity index is 2.26. The minimum absolute atomic E-state index is 0.161. The van der Waals surface area contributed by atoms with Gasteiger partial charge in [0.25, 0.3) is 0 Å². The van der Waals surface area contributed by atoms with E-state index in [-0.39, 0.29) is 5.91 Å². The van der Waals surface area contributed by atoms with E-state index < -0.39 is 0 Å². The van der Waals surface area contributed by atoms with Crippen molar-refractivity contribution in [2.45, 2.75) is 32.7 Å². The molecular formula is C9H18N2O. The van der Waals surface area contributed by atoms with E-state index in [2.05, 4.69) is 17.6 Å². The fourth-order valence-corrected chi connectivity index (χ4v) is 1.58. The summed E-state index contributed by atoms with van der Waals surface area (Å²) in [6.07, 6.45) is 1.77. The molecule has 1 amide bonds. The van der Waals surface area contributed by atoms with Crippen LogP contribution >= 0.6 is 0 Å². The van der Waals surface area contributed by atoms with Crippen molar-refractivity contribution in [1.82, 2.24) is 10.6 Å². The fraction of sp³-hybridized carbons (Fsp3) is 0.889. The van der Waals surface area contributed by atoms with Gasteiger partial charge in [-0.1, -0.05) is 6.92 Å². The first-order chi connectivity index (χ1) is 5.74. The van der Waals surface area contributed by atoms with Gasteiger partial charge >= 0.3 is 0 Å². The summed E-state index contributed by atoms with van der Waals surface area (Å²) >= 11 is 0. The van der Waals surface area contributed by atoms with Crippen molar-refractivity contribution in [3.05, 3.63) is 0 Å². The highest BCUT2D eigenvalue weighted by Gasteiger charge is 2.21. The smallest absolute Gasteiger partial charge is 0.219 e. The highest BCUT2D eigenvalue weighted by Crippen LogP contribution is 2.11. The molecule has 0 aromatic rings. The van der Waals surface area contributed by atoms with Crippen molar-refractivity contribution in [2.75, 3.05) is 13.1 Å². The third-order valence-electron chi connectivity index (χ3n) is 2.52. The number of carbonyl (C=O) groups is 1. The van der Waals surface area contributed by atoms with Crippen LogP contribution in [0.3, 0.4) is 0 Å². The minimum atomic E-state index is 0.161. The molecule has 1 aliphatic heterocycles. The molecule has 1 fully saturated rings. The lowest BCUT2D eigenvalue weighted by Crippen LogP contribution is -2.38. The van der Waals surface area contributed by atoms with Crippen molar-refractivity contribution in [3.63, 3.8) is 0 Å². The number of hydrogen-bond donors (Lipinski definition) is 2. The average molecular weight is 170 g/mol. The summed E-state index contributed by atoms with van der Waals surface area (Å²) in [5.74, 6) is 0.787. The number of rotatable bonds is 3. The molecule has 0 bridgehead atoms. The highest BCUT2D eigenvalue weighted by atomic mass is 16.1. The van der Waals surface area contributed by atoms with Crippen molar-refractivity contribution >= 4 is 5.91 Å². The van der Waals surface area contributed by atoms with Gasteiger partial charge in [-0.15, -0.1) is 0 Å². The fourth-order valence-electron chi connectivity index (χ4n) is 1.58. The van der Waals surface area contributed by atoms with Crippen LogP contribution in [0.1, 0.15) is 26.7 Å². The molecule has 2 N–H and O–H groups in total. The first-order valence-electron chi connectivity index (χ1n) is 4.74. The van der Waals surface area contributed by atoms with Crippen LogP contribution in [0.5, 0.6) is 0 Å². The van der Waals surface area contributed by atoms with Gasteiger partial charge in [0.1, 0.15) is 0 Å². The normalized spacial score (nSPS) is 25.3. The SMILES string of the molecule is CCC(=O)NC(C)C1CCNC1. The molecule has 70 valence electrons. The molecular weight excluding hydrogens is 152 g/mol. The van der Waals surface area contributed by atoms with E-state index in [1.165, 1.54) is 6.42 Å². The summed E-state index contributed by atoms with van der Waals surface area (Å²) in [7, 11) is 0. The molecule has 0 aliphatic carbocycles. The third kappa shape index (κ3) is 2.48. The van der Waals surface area contributed by atoms with Crippen molar-refractivity contribution < 1.29 is 4.79 Å². The summed E-state index contributed by atoms with van der Waals surface area (Å²) < 4.78 is 0. The van der Waals surface area contributed by atoms with E-state index >= 15 is 0 Å². The van der Waals surface area contributed by atoms with Crippen molar-refractivity contribution in [3.8, 4) is 0 Å². The van der Waals surface area contributed by atoms with Crippen LogP contribution in [-0.2, 0) is 4.79 Å². The number of carbonyl (C=O) groups excluding carboxylic acids is 1. The average Bonchev–Trinajstić information content (AvgIpc) is 2.56. The maximum Gasteiger partial charge on any atom is 0.219 e. The first kappa shape index (κ1) is 9.52. The molecule has 1 heterocycles. The molecule has 0 aromatic carbocycles. The summed E-state index contributed by atoms with van der Waals surface area (Å²) in [6, 6.07) is 0.326. The Morgan fingerprint density at radius 1 is 1.75 bits per heavy atom. The Morgan fingerprint density at radius 3 is 3.00 bits per heavy atom. The molecule has 1 saturated heterocycles. The molecule has 0 aromatic heterocycles. The lowest BCUT2D eigenvalue weighted by molar-refractivity contribution is -0.121. The molecule has 0 saturated carbocycles. The van der Waals surface area contributed by atoms with Gasteiger partial charge in [-0.3, -0.25) is 4.79 Å². The molecule has 2 atom stereocenters. The molecule has 12 heavy (non-hydrogen) atoms. The van der Waals surface area contributed by atoms with E-state index in [1.54, 1.807) is 0 Å². The maximum atomic E-state index is 11.0. The summed E-state index contributed by atoms with van der Waals surface area (Å²) in [5.41, 5.74) is 0.